The Labute approximate surface area is 189 Å². The summed E-state index contributed by atoms with van der Waals surface area (Å²) in [5.41, 5.74) is 1.97. The maximum absolute atomic E-state index is 12.5. The van der Waals surface area contributed by atoms with Crippen molar-refractivity contribution in [3.8, 4) is 0 Å². The van der Waals surface area contributed by atoms with E-state index in [1.807, 2.05) is 30.3 Å². The fourth-order valence-electron chi connectivity index (χ4n) is 3.61. The molecule has 0 unspecified atom stereocenters. The third kappa shape index (κ3) is 5.16. The normalized spacial score (nSPS) is 14.6. The maximum Gasteiger partial charge on any atom is 0.321 e. The van der Waals surface area contributed by atoms with Crippen LogP contribution in [0.1, 0.15) is 23.3 Å². The van der Waals surface area contributed by atoms with E-state index in [9.17, 15) is 9.59 Å². The van der Waals surface area contributed by atoms with Crippen LogP contribution >= 0.6 is 23.1 Å². The first-order chi connectivity index (χ1) is 15.0. The first-order valence-corrected chi connectivity index (χ1v) is 12.1. The number of carbonyl (C=O) groups is 2. The van der Waals surface area contributed by atoms with Crippen LogP contribution in [0.5, 0.6) is 0 Å². The van der Waals surface area contributed by atoms with Gasteiger partial charge in [0.05, 0.1) is 5.75 Å². The Balaban J connectivity index is 1.25. The zero-order valence-electron chi connectivity index (χ0n) is 17.6. The lowest BCUT2D eigenvalue weighted by atomic mass is 10.1. The quantitative estimate of drug-likeness (QED) is 0.444. The molecule has 0 radical (unpaired) electrons. The summed E-state index contributed by atoms with van der Waals surface area (Å²) in [7, 11) is 0. The minimum Gasteiger partial charge on any atom is -0.353 e. The highest BCUT2D eigenvalue weighted by atomic mass is 32.2. The second-order valence-electron chi connectivity index (χ2n) is 7.56. The predicted molar refractivity (Wildman–Crippen MR) is 126 cm³/mol. The molecule has 1 aliphatic rings. The van der Waals surface area contributed by atoms with Crippen LogP contribution in [0.4, 0.5) is 10.5 Å². The van der Waals surface area contributed by atoms with Crippen molar-refractivity contribution in [2.45, 2.75) is 37.8 Å². The van der Waals surface area contributed by atoms with Gasteiger partial charge in [-0.3, -0.25) is 4.79 Å². The van der Waals surface area contributed by atoms with Crippen molar-refractivity contribution >= 4 is 50.9 Å². The SMILES string of the molecule is Cc1sc2ncnc(SCC(=O)NC3CCN(C(=O)Nc4ccccc4)CC3)c2c1C. The Morgan fingerprint density at radius 3 is 2.65 bits per heavy atom. The highest BCUT2D eigenvalue weighted by molar-refractivity contribution is 8.00. The number of thioether (sulfide) groups is 1. The monoisotopic (exact) mass is 455 g/mol. The van der Waals surface area contributed by atoms with Gasteiger partial charge < -0.3 is 15.5 Å². The van der Waals surface area contributed by atoms with Gasteiger partial charge in [0, 0.05) is 35.1 Å². The van der Waals surface area contributed by atoms with Gasteiger partial charge in [-0.2, -0.15) is 0 Å². The number of thiophene rings is 1. The molecule has 3 heterocycles. The summed E-state index contributed by atoms with van der Waals surface area (Å²) in [5, 5.41) is 7.93. The summed E-state index contributed by atoms with van der Waals surface area (Å²) in [6, 6.07) is 9.42. The highest BCUT2D eigenvalue weighted by Gasteiger charge is 2.24. The Morgan fingerprint density at radius 2 is 1.90 bits per heavy atom. The first-order valence-electron chi connectivity index (χ1n) is 10.2. The van der Waals surface area contributed by atoms with Crippen molar-refractivity contribution in [3.63, 3.8) is 0 Å². The van der Waals surface area contributed by atoms with E-state index < -0.39 is 0 Å². The molecule has 4 rings (SSSR count). The number of fused-ring (bicyclic) bond motifs is 1. The van der Waals surface area contributed by atoms with Gasteiger partial charge in [0.25, 0.3) is 0 Å². The van der Waals surface area contributed by atoms with Crippen LogP contribution in [-0.4, -0.2) is 51.7 Å². The number of aromatic nitrogens is 2. The molecular weight excluding hydrogens is 430 g/mol. The van der Waals surface area contributed by atoms with E-state index in [0.717, 1.165) is 33.8 Å². The van der Waals surface area contributed by atoms with E-state index in [2.05, 4.69) is 34.4 Å². The summed E-state index contributed by atoms with van der Waals surface area (Å²) in [5.74, 6) is 0.309. The molecule has 9 heteroatoms. The molecule has 0 spiro atoms. The number of nitrogens with zero attached hydrogens (tertiary/aromatic N) is 3. The van der Waals surface area contributed by atoms with Crippen LogP contribution in [0.2, 0.25) is 0 Å². The molecule has 162 valence electrons. The molecule has 2 N–H and O–H groups in total. The van der Waals surface area contributed by atoms with Crippen LogP contribution in [0.15, 0.2) is 41.7 Å². The predicted octanol–water partition coefficient (Wildman–Crippen LogP) is 4.21. The summed E-state index contributed by atoms with van der Waals surface area (Å²) in [6.07, 6.45) is 3.06. The smallest absolute Gasteiger partial charge is 0.321 e. The summed E-state index contributed by atoms with van der Waals surface area (Å²) < 4.78 is 0. The summed E-state index contributed by atoms with van der Waals surface area (Å²) in [4.78, 5) is 37.6. The van der Waals surface area contributed by atoms with Gasteiger partial charge in [-0.1, -0.05) is 30.0 Å². The summed E-state index contributed by atoms with van der Waals surface area (Å²) in [6.45, 7) is 5.39. The number of hydrogen-bond donors (Lipinski definition) is 2. The van der Waals surface area contributed by atoms with Crippen molar-refractivity contribution < 1.29 is 9.59 Å². The van der Waals surface area contributed by atoms with Gasteiger partial charge in [0.1, 0.15) is 16.2 Å². The van der Waals surface area contributed by atoms with E-state index in [1.54, 1.807) is 22.6 Å². The molecule has 7 nitrogen and oxygen atoms in total. The fraction of sp³-hybridized carbons (Fsp3) is 0.364. The second kappa shape index (κ2) is 9.65. The molecule has 0 atom stereocenters. The molecule has 1 aliphatic heterocycles. The standard InChI is InChI=1S/C22H25N5O2S2/c1-14-15(2)31-21-19(14)20(23-13-24-21)30-12-18(28)25-17-8-10-27(11-9-17)22(29)26-16-6-4-3-5-7-16/h3-7,13,17H,8-12H2,1-2H3,(H,25,28)(H,26,29). The van der Waals surface area contributed by atoms with Crippen molar-refractivity contribution in [1.82, 2.24) is 20.2 Å². The fourth-order valence-corrected chi connectivity index (χ4v) is 5.54. The number of benzene rings is 1. The van der Waals surface area contributed by atoms with E-state index in [0.29, 0.717) is 18.8 Å². The Bertz CT molecular complexity index is 1080. The summed E-state index contributed by atoms with van der Waals surface area (Å²) >= 11 is 3.11. The van der Waals surface area contributed by atoms with Gasteiger partial charge in [0.15, 0.2) is 0 Å². The zero-order chi connectivity index (χ0) is 21.8. The van der Waals surface area contributed by atoms with Gasteiger partial charge in [-0.25, -0.2) is 14.8 Å². The number of hydrogen-bond acceptors (Lipinski definition) is 6. The van der Waals surface area contributed by atoms with Crippen LogP contribution < -0.4 is 10.6 Å². The molecule has 1 fully saturated rings. The third-order valence-corrected chi connectivity index (χ3v) is 7.55. The number of anilines is 1. The average Bonchev–Trinajstić information content (AvgIpc) is 3.07. The number of piperidine rings is 1. The van der Waals surface area contributed by atoms with Crippen molar-refractivity contribution in [2.75, 3.05) is 24.2 Å². The minimum absolute atomic E-state index is 0.00597. The number of amides is 3. The van der Waals surface area contributed by atoms with Crippen LogP contribution in [0, 0.1) is 13.8 Å². The molecule has 3 aromatic rings. The van der Waals surface area contributed by atoms with Crippen molar-refractivity contribution in [1.29, 1.82) is 0 Å². The van der Waals surface area contributed by atoms with E-state index >= 15 is 0 Å². The molecule has 31 heavy (non-hydrogen) atoms. The van der Waals surface area contributed by atoms with Gasteiger partial charge in [-0.05, 0) is 44.4 Å². The minimum atomic E-state index is -0.0965. The van der Waals surface area contributed by atoms with E-state index in [-0.39, 0.29) is 18.0 Å². The molecule has 3 amide bonds. The zero-order valence-corrected chi connectivity index (χ0v) is 19.2. The maximum atomic E-state index is 12.5. The second-order valence-corrected chi connectivity index (χ2v) is 9.72. The Morgan fingerprint density at radius 1 is 1.16 bits per heavy atom. The molecule has 2 aromatic heterocycles. The first kappa shape index (κ1) is 21.6. The molecule has 0 bridgehead atoms. The molecule has 0 saturated carbocycles. The highest BCUT2D eigenvalue weighted by Crippen LogP contribution is 2.34. The van der Waals surface area contributed by atoms with Crippen LogP contribution in [0.3, 0.4) is 0 Å². The third-order valence-electron chi connectivity index (χ3n) is 5.44. The number of urea groups is 1. The number of para-hydroxylation sites is 1. The molecule has 1 saturated heterocycles. The van der Waals surface area contributed by atoms with Crippen LogP contribution in [0.25, 0.3) is 10.2 Å². The van der Waals surface area contributed by atoms with Gasteiger partial charge in [0.2, 0.25) is 5.91 Å². The largest absolute Gasteiger partial charge is 0.353 e. The number of likely N-dealkylation sites (tertiary alicyclic amines) is 1. The van der Waals surface area contributed by atoms with E-state index in [4.69, 9.17) is 0 Å². The van der Waals surface area contributed by atoms with Crippen LogP contribution in [-0.2, 0) is 4.79 Å². The molecular formula is C22H25N5O2S2. The Hall–Kier alpha value is -2.65. The average molecular weight is 456 g/mol. The Kier molecular flexibility index (Phi) is 6.72. The molecule has 1 aromatic carbocycles. The number of carbonyl (C=O) groups excluding carboxylic acids is 2. The van der Waals surface area contributed by atoms with Gasteiger partial charge in [-0.15, -0.1) is 11.3 Å². The lowest BCUT2D eigenvalue weighted by Gasteiger charge is -2.32. The number of rotatable bonds is 5. The number of aryl methyl sites for hydroxylation is 2. The lowest BCUT2D eigenvalue weighted by Crippen LogP contribution is -2.48. The lowest BCUT2D eigenvalue weighted by molar-refractivity contribution is -0.119. The number of nitrogens with one attached hydrogen (secondary N) is 2. The topological polar surface area (TPSA) is 87.2 Å². The van der Waals surface area contributed by atoms with Gasteiger partial charge >= 0.3 is 6.03 Å². The van der Waals surface area contributed by atoms with Crippen molar-refractivity contribution in [2.24, 2.45) is 0 Å². The van der Waals surface area contributed by atoms with E-state index in [1.165, 1.54) is 22.2 Å². The van der Waals surface area contributed by atoms with Crippen molar-refractivity contribution in [3.05, 3.63) is 47.1 Å². The molecule has 0 aliphatic carbocycles.